The van der Waals surface area contributed by atoms with Crippen LogP contribution in [0, 0.1) is 0 Å². The van der Waals surface area contributed by atoms with Crippen LogP contribution in [0.15, 0.2) is 0 Å². The fourth-order valence-corrected chi connectivity index (χ4v) is 3.61. The zero-order valence-electron chi connectivity index (χ0n) is 11.9. The predicted octanol–water partition coefficient (Wildman–Crippen LogP) is 6.11. The summed E-state index contributed by atoms with van der Waals surface area (Å²) in [4.78, 5) is 0. The van der Waals surface area contributed by atoms with Crippen LogP contribution in [0.2, 0.25) is 0 Å². The van der Waals surface area contributed by atoms with Gasteiger partial charge in [-0.05, 0) is 0 Å². The summed E-state index contributed by atoms with van der Waals surface area (Å²) in [5.74, 6) is -1.73. The van der Waals surface area contributed by atoms with Crippen molar-refractivity contribution < 1.29 is 0 Å². The molecule has 0 aromatic rings. The zero-order chi connectivity index (χ0) is 12.5. The van der Waals surface area contributed by atoms with E-state index >= 15 is 0 Å². The Balaban J connectivity index is 3.17. The molecule has 0 saturated carbocycles. The molecule has 0 aromatic heterocycles. The van der Waals surface area contributed by atoms with Crippen molar-refractivity contribution in [2.75, 3.05) is 26.2 Å². The van der Waals surface area contributed by atoms with E-state index in [1.165, 1.54) is 63.9 Å². The second-order valence-corrected chi connectivity index (χ2v) is 16.5. The summed E-state index contributed by atoms with van der Waals surface area (Å²) in [6, 6.07) is 0. The molecule has 0 heterocycles. The van der Waals surface area contributed by atoms with Crippen molar-refractivity contribution in [3.8, 4) is 0 Å². The standard InChI is InChI=1S/C14H32ClP/c1-5-6-7-8-9-10-11-12-13-14-16(2,3,4)15/h5-14H2,1-4H3. The van der Waals surface area contributed by atoms with E-state index in [1.807, 2.05) is 0 Å². The van der Waals surface area contributed by atoms with Gasteiger partial charge in [0.05, 0.1) is 0 Å². The summed E-state index contributed by atoms with van der Waals surface area (Å²) in [5, 5.41) is 0. The molecule has 0 N–H and O–H groups in total. The van der Waals surface area contributed by atoms with Crippen molar-refractivity contribution in [1.82, 2.24) is 0 Å². The van der Waals surface area contributed by atoms with Gasteiger partial charge in [-0.25, -0.2) is 0 Å². The van der Waals surface area contributed by atoms with Gasteiger partial charge in [-0.15, -0.1) is 0 Å². The SMILES string of the molecule is CCCCCCCCCCCP(C)(C)(C)Cl. The van der Waals surface area contributed by atoms with Crippen LogP contribution in [0.5, 0.6) is 0 Å². The quantitative estimate of drug-likeness (QED) is 0.330. The molecule has 0 nitrogen and oxygen atoms in total. The monoisotopic (exact) mass is 266 g/mol. The Kier molecular flexibility index (Phi) is 8.29. The summed E-state index contributed by atoms with van der Waals surface area (Å²) >= 11 is 6.52. The molecular weight excluding hydrogens is 235 g/mol. The molecule has 0 saturated heterocycles. The number of rotatable bonds is 10. The molecule has 0 unspecified atom stereocenters. The summed E-state index contributed by atoms with van der Waals surface area (Å²) < 4.78 is 0. The summed E-state index contributed by atoms with van der Waals surface area (Å²) in [6.07, 6.45) is 13.9. The average Bonchev–Trinajstić information content (AvgIpc) is 2.12. The van der Waals surface area contributed by atoms with Gasteiger partial charge in [-0.1, -0.05) is 0 Å². The number of halogens is 1. The summed E-state index contributed by atoms with van der Waals surface area (Å²) in [5.41, 5.74) is 0. The van der Waals surface area contributed by atoms with Gasteiger partial charge in [0, 0.05) is 0 Å². The van der Waals surface area contributed by atoms with Gasteiger partial charge in [0.15, 0.2) is 0 Å². The molecule has 0 bridgehead atoms. The molecule has 2 heteroatoms. The molecule has 0 spiro atoms. The molecule has 0 aliphatic carbocycles. The Morgan fingerprint density at radius 1 is 0.688 bits per heavy atom. The first-order valence-corrected chi connectivity index (χ1v) is 11.7. The molecule has 0 atom stereocenters. The average molecular weight is 267 g/mol. The summed E-state index contributed by atoms with van der Waals surface area (Å²) in [7, 11) is 0. The molecular formula is C14H32ClP. The van der Waals surface area contributed by atoms with Gasteiger partial charge >= 0.3 is 108 Å². The molecule has 0 amide bonds. The molecule has 0 aromatic carbocycles. The normalized spacial score (nSPS) is 14.7. The van der Waals surface area contributed by atoms with E-state index in [9.17, 15) is 0 Å². The third kappa shape index (κ3) is 14.7. The van der Waals surface area contributed by atoms with E-state index in [1.54, 1.807) is 0 Å². The Morgan fingerprint density at radius 3 is 1.44 bits per heavy atom. The van der Waals surface area contributed by atoms with E-state index in [0.29, 0.717) is 0 Å². The van der Waals surface area contributed by atoms with Crippen molar-refractivity contribution in [2.24, 2.45) is 0 Å². The number of hydrogen-bond donors (Lipinski definition) is 0. The van der Waals surface area contributed by atoms with Crippen LogP contribution in [0.4, 0.5) is 0 Å². The van der Waals surface area contributed by atoms with Gasteiger partial charge in [-0.3, -0.25) is 0 Å². The first-order valence-electron chi connectivity index (χ1n) is 7.03. The van der Waals surface area contributed by atoms with E-state index in [2.05, 4.69) is 26.9 Å². The molecule has 0 aliphatic rings. The van der Waals surface area contributed by atoms with Gasteiger partial charge in [0.25, 0.3) is 0 Å². The Labute approximate surface area is 108 Å². The van der Waals surface area contributed by atoms with Crippen LogP contribution < -0.4 is 0 Å². The van der Waals surface area contributed by atoms with E-state index in [0.717, 1.165) is 0 Å². The van der Waals surface area contributed by atoms with Crippen LogP contribution >= 0.6 is 17.2 Å². The van der Waals surface area contributed by atoms with Crippen molar-refractivity contribution in [1.29, 1.82) is 0 Å². The number of unbranched alkanes of at least 4 members (excludes halogenated alkanes) is 8. The van der Waals surface area contributed by atoms with Crippen molar-refractivity contribution in [2.45, 2.75) is 64.7 Å². The van der Waals surface area contributed by atoms with Gasteiger partial charge < -0.3 is 0 Å². The van der Waals surface area contributed by atoms with Crippen LogP contribution in [0.1, 0.15) is 64.7 Å². The van der Waals surface area contributed by atoms with Crippen molar-refractivity contribution in [3.05, 3.63) is 0 Å². The maximum absolute atomic E-state index is 6.52. The minimum atomic E-state index is -1.73. The third-order valence-corrected chi connectivity index (χ3v) is 5.35. The maximum atomic E-state index is 6.52. The van der Waals surface area contributed by atoms with Crippen LogP contribution in [0.25, 0.3) is 0 Å². The Hall–Kier alpha value is 0.720. The first-order chi connectivity index (χ1) is 7.31. The second kappa shape index (κ2) is 7.93. The Morgan fingerprint density at radius 2 is 1.06 bits per heavy atom. The third-order valence-electron chi connectivity index (χ3n) is 3.02. The van der Waals surface area contributed by atoms with E-state index in [-0.39, 0.29) is 0 Å². The molecule has 0 aliphatic heterocycles. The van der Waals surface area contributed by atoms with Gasteiger partial charge in [-0.2, -0.15) is 0 Å². The molecule has 0 rings (SSSR count). The first kappa shape index (κ1) is 16.7. The fraction of sp³-hybridized carbons (Fsp3) is 1.00. The zero-order valence-corrected chi connectivity index (χ0v) is 13.5. The topological polar surface area (TPSA) is 0 Å². The molecule has 0 fully saturated rings. The Bertz CT molecular complexity index is 160. The van der Waals surface area contributed by atoms with E-state index in [4.69, 9.17) is 11.2 Å². The summed E-state index contributed by atoms with van der Waals surface area (Å²) in [6.45, 7) is 9.06. The fourth-order valence-electron chi connectivity index (χ4n) is 1.96. The minimum absolute atomic E-state index is 1.25. The second-order valence-electron chi connectivity index (χ2n) is 6.47. The van der Waals surface area contributed by atoms with Crippen LogP contribution in [0.3, 0.4) is 0 Å². The van der Waals surface area contributed by atoms with Crippen LogP contribution in [-0.2, 0) is 0 Å². The van der Waals surface area contributed by atoms with Crippen LogP contribution in [-0.4, -0.2) is 26.2 Å². The molecule has 100 valence electrons. The van der Waals surface area contributed by atoms with Crippen molar-refractivity contribution in [3.63, 3.8) is 0 Å². The van der Waals surface area contributed by atoms with E-state index < -0.39 is 5.96 Å². The van der Waals surface area contributed by atoms with Gasteiger partial charge in [0.1, 0.15) is 0 Å². The molecule has 0 radical (unpaired) electrons. The molecule has 16 heavy (non-hydrogen) atoms. The predicted molar refractivity (Wildman–Crippen MR) is 82.6 cm³/mol. The van der Waals surface area contributed by atoms with Gasteiger partial charge in [0.2, 0.25) is 0 Å². The number of hydrogen-bond acceptors (Lipinski definition) is 0. The van der Waals surface area contributed by atoms with Crippen molar-refractivity contribution >= 4 is 17.2 Å².